The summed E-state index contributed by atoms with van der Waals surface area (Å²) in [5.41, 5.74) is 8.16. The van der Waals surface area contributed by atoms with E-state index in [4.69, 9.17) is 0 Å². The fraction of sp³-hybridized carbons (Fsp3) is 0.257. The van der Waals surface area contributed by atoms with Crippen molar-refractivity contribution in [1.82, 2.24) is 14.0 Å². The first-order valence-electron chi connectivity index (χ1n) is 14.4. The minimum absolute atomic E-state index is 0.210. The van der Waals surface area contributed by atoms with Crippen LogP contribution in [0, 0.1) is 13.8 Å². The molecule has 2 aliphatic heterocycles. The van der Waals surface area contributed by atoms with Crippen LogP contribution in [0.2, 0.25) is 0 Å². The number of aryl methyl sites for hydroxylation is 2. The molecule has 0 aliphatic carbocycles. The summed E-state index contributed by atoms with van der Waals surface area (Å²) in [4.78, 5) is 30.4. The summed E-state index contributed by atoms with van der Waals surface area (Å²) >= 11 is 0. The van der Waals surface area contributed by atoms with E-state index in [0.29, 0.717) is 11.1 Å². The Morgan fingerprint density at radius 3 is 1.52 bits per heavy atom. The topological polar surface area (TPSA) is 47.2 Å². The smallest absolute Gasteiger partial charge is 0.262 e. The van der Waals surface area contributed by atoms with Crippen molar-refractivity contribution in [3.05, 3.63) is 107 Å². The van der Waals surface area contributed by atoms with E-state index in [-0.39, 0.29) is 18.4 Å². The second kappa shape index (κ2) is 9.67. The number of hydrogen-bond donors (Lipinski definition) is 0. The van der Waals surface area contributed by atoms with Gasteiger partial charge in [-0.05, 0) is 44.4 Å². The Balaban J connectivity index is 1.56. The molecular weight excluding hydrogens is 494 g/mol. The molecule has 0 fully saturated rings. The molecule has 40 heavy (non-hydrogen) atoms. The van der Waals surface area contributed by atoms with Crippen molar-refractivity contribution >= 4 is 44.8 Å². The van der Waals surface area contributed by atoms with E-state index < -0.39 is 0 Å². The predicted octanol–water partition coefficient (Wildman–Crippen LogP) is 7.27. The Bertz CT molecular complexity index is 1720. The van der Waals surface area contributed by atoms with E-state index in [1.807, 2.05) is 42.5 Å². The lowest BCUT2D eigenvalue weighted by Gasteiger charge is -2.15. The monoisotopic (exact) mass is 527 g/mol. The zero-order chi connectivity index (χ0) is 27.4. The highest BCUT2D eigenvalue weighted by molar-refractivity contribution is 6.51. The van der Waals surface area contributed by atoms with Crippen LogP contribution in [0.15, 0.2) is 78.9 Å². The van der Waals surface area contributed by atoms with Crippen LogP contribution in [-0.4, -0.2) is 25.8 Å². The fourth-order valence-corrected chi connectivity index (χ4v) is 6.91. The molecule has 2 amide bonds. The van der Waals surface area contributed by atoms with Gasteiger partial charge in [0.05, 0.1) is 17.7 Å². The third-order valence-electron chi connectivity index (χ3n) is 8.83. The van der Waals surface area contributed by atoms with Crippen LogP contribution in [-0.2, 0) is 29.2 Å². The average Bonchev–Trinajstić information content (AvgIpc) is 3.50. The molecule has 7 rings (SSSR count). The van der Waals surface area contributed by atoms with Crippen molar-refractivity contribution in [1.29, 1.82) is 0 Å². The summed E-state index contributed by atoms with van der Waals surface area (Å²) in [6, 6.07) is 26.5. The van der Waals surface area contributed by atoms with Crippen molar-refractivity contribution in [2.24, 2.45) is 0 Å². The van der Waals surface area contributed by atoms with Crippen molar-refractivity contribution in [2.75, 3.05) is 0 Å². The van der Waals surface area contributed by atoms with Crippen LogP contribution >= 0.6 is 0 Å². The first-order valence-corrected chi connectivity index (χ1v) is 14.4. The summed E-state index contributed by atoms with van der Waals surface area (Å²) in [5.74, 6) is -0.420. The zero-order valence-electron chi connectivity index (χ0n) is 23.1. The van der Waals surface area contributed by atoms with Gasteiger partial charge in [-0.2, -0.15) is 0 Å². The quantitative estimate of drug-likeness (QED) is 0.227. The van der Waals surface area contributed by atoms with Crippen molar-refractivity contribution in [3.63, 3.8) is 0 Å². The van der Waals surface area contributed by atoms with Gasteiger partial charge in [-0.15, -0.1) is 0 Å². The molecule has 200 valence electrons. The number of rotatable bonds is 2. The maximum atomic E-state index is 14.5. The summed E-state index contributed by atoms with van der Waals surface area (Å²) in [7, 11) is 0. The molecule has 0 radical (unpaired) electrons. The van der Waals surface area contributed by atoms with Gasteiger partial charge in [-0.1, -0.05) is 79.6 Å². The molecule has 0 unspecified atom stereocenters. The highest BCUT2D eigenvalue weighted by Gasteiger charge is 2.43. The van der Waals surface area contributed by atoms with Gasteiger partial charge in [0.1, 0.15) is 0 Å². The number of fused-ring (bicyclic) bond motifs is 12. The lowest BCUT2D eigenvalue weighted by Crippen LogP contribution is -2.31. The number of nitrogens with zero attached hydrogens (tertiary/aromatic N) is 3. The van der Waals surface area contributed by atoms with E-state index in [1.54, 1.807) is 0 Å². The third-order valence-corrected chi connectivity index (χ3v) is 8.83. The lowest BCUT2D eigenvalue weighted by atomic mass is 9.93. The summed E-state index contributed by atoms with van der Waals surface area (Å²) in [6.07, 6.45) is 4.47. The number of hydrogen-bond acceptors (Lipinski definition) is 2. The van der Waals surface area contributed by atoms with Gasteiger partial charge in [0, 0.05) is 57.4 Å². The van der Waals surface area contributed by atoms with Gasteiger partial charge in [0.25, 0.3) is 11.8 Å². The normalized spacial score (nSPS) is 16.2. The van der Waals surface area contributed by atoms with Crippen molar-refractivity contribution in [3.8, 4) is 0 Å². The van der Waals surface area contributed by atoms with Crippen LogP contribution in [0.25, 0.3) is 33.0 Å². The van der Waals surface area contributed by atoms with E-state index >= 15 is 0 Å². The molecule has 0 atom stereocenters. The van der Waals surface area contributed by atoms with Crippen LogP contribution in [0.3, 0.4) is 0 Å². The second-order valence-electron chi connectivity index (χ2n) is 11.1. The second-order valence-corrected chi connectivity index (χ2v) is 11.1. The van der Waals surface area contributed by atoms with Crippen molar-refractivity contribution < 1.29 is 9.59 Å². The molecule has 5 heteroatoms. The number of carbonyl (C=O) groups excluding carboxylic acids is 2. The van der Waals surface area contributed by atoms with Gasteiger partial charge in [0.2, 0.25) is 0 Å². The van der Waals surface area contributed by atoms with Gasteiger partial charge in [-0.3, -0.25) is 14.5 Å². The van der Waals surface area contributed by atoms with Crippen molar-refractivity contribution in [2.45, 2.75) is 59.2 Å². The van der Waals surface area contributed by atoms with Crippen LogP contribution in [0.4, 0.5) is 0 Å². The highest BCUT2D eigenvalue weighted by Crippen LogP contribution is 2.45. The van der Waals surface area contributed by atoms with Gasteiger partial charge in [-0.25, -0.2) is 0 Å². The molecule has 0 saturated carbocycles. The van der Waals surface area contributed by atoms with E-state index in [9.17, 15) is 9.59 Å². The number of aromatic nitrogens is 2. The number of benzene rings is 3. The summed E-state index contributed by atoms with van der Waals surface area (Å²) in [6.45, 7) is 6.27. The van der Waals surface area contributed by atoms with E-state index in [1.165, 1.54) is 4.90 Å². The minimum Gasteiger partial charge on any atom is -0.344 e. The fourth-order valence-electron chi connectivity index (χ4n) is 6.91. The highest BCUT2D eigenvalue weighted by atomic mass is 16.2. The van der Waals surface area contributed by atoms with Gasteiger partial charge in [0.15, 0.2) is 0 Å². The summed E-state index contributed by atoms with van der Waals surface area (Å²) < 4.78 is 4.71. The molecular formula is C35H33N3O2. The number of amides is 2. The van der Waals surface area contributed by atoms with Crippen LogP contribution in [0.1, 0.15) is 53.8 Å². The molecule has 2 aromatic heterocycles. The maximum absolute atomic E-state index is 14.5. The molecule has 0 spiro atoms. The zero-order valence-corrected chi connectivity index (χ0v) is 23.1. The molecule has 2 aliphatic rings. The predicted molar refractivity (Wildman–Crippen MR) is 161 cm³/mol. The Morgan fingerprint density at radius 2 is 1.02 bits per heavy atom. The van der Waals surface area contributed by atoms with Gasteiger partial charge < -0.3 is 9.13 Å². The minimum atomic E-state index is -0.210. The molecule has 5 nitrogen and oxygen atoms in total. The number of para-hydroxylation sites is 2. The first kappa shape index (κ1) is 24.6. The van der Waals surface area contributed by atoms with E-state index in [2.05, 4.69) is 59.4 Å². The Morgan fingerprint density at radius 1 is 0.575 bits per heavy atom. The SMILES string of the molecule is Cc1c2c3ccccc3n1CCCCCCn1c(C)c(c3ccccc31)C1=C2C(=O)N(Cc2ccccc2)C1=O. The standard InChI is InChI=1S/C35H33N3O2/c1-23-30-26-16-8-10-18-28(26)36(23)20-12-3-4-13-21-37-24(2)31(27-17-9-11-19-29(27)37)33-32(30)34(39)38(35(33)40)22-25-14-6-5-7-15-25/h5-11,14-19H,3-4,12-13,20-22H2,1-2H3. The Hall–Kier alpha value is -4.38. The molecule has 5 aromatic rings. The van der Waals surface area contributed by atoms with E-state index in [0.717, 1.165) is 88.7 Å². The molecule has 4 bridgehead atoms. The Kier molecular flexibility index (Phi) is 5.96. The largest absolute Gasteiger partial charge is 0.344 e. The molecule has 0 N–H and O–H groups in total. The number of carbonyl (C=O) groups is 2. The molecule has 3 aromatic carbocycles. The Labute approximate surface area is 234 Å². The molecule has 0 saturated heterocycles. The van der Waals surface area contributed by atoms with Crippen LogP contribution in [0.5, 0.6) is 0 Å². The lowest BCUT2D eigenvalue weighted by molar-refractivity contribution is -0.136. The molecule has 4 heterocycles. The summed E-state index contributed by atoms with van der Waals surface area (Å²) in [5, 5.41) is 2.07. The van der Waals surface area contributed by atoms with Crippen LogP contribution < -0.4 is 0 Å². The maximum Gasteiger partial charge on any atom is 0.262 e. The first-order chi connectivity index (χ1) is 19.6. The third kappa shape index (κ3) is 3.68. The van der Waals surface area contributed by atoms with Gasteiger partial charge >= 0.3 is 0 Å². The average molecular weight is 528 g/mol. The number of imide groups is 1.